The number of nitrogens with zero attached hydrogens (tertiary/aromatic N) is 2. The molecule has 0 aliphatic heterocycles. The lowest BCUT2D eigenvalue weighted by molar-refractivity contribution is 0.394. The first-order valence-corrected chi connectivity index (χ1v) is 11.6. The van der Waals surface area contributed by atoms with Crippen molar-refractivity contribution in [2.24, 2.45) is 0 Å². The van der Waals surface area contributed by atoms with Gasteiger partial charge in [-0.3, -0.25) is 0 Å². The van der Waals surface area contributed by atoms with Crippen molar-refractivity contribution in [1.82, 2.24) is 9.88 Å². The number of halogens is 2. The van der Waals surface area contributed by atoms with Crippen molar-refractivity contribution in [1.29, 1.82) is 0 Å². The SMILES string of the molecule is COc1nc2ccc(Br)cc2cc1C(C(=CCN(C)C)c1cccc(F)c1)c1ccccc1. The second-order valence-corrected chi connectivity index (χ2v) is 9.12. The molecule has 0 spiro atoms. The quantitative estimate of drug-likeness (QED) is 0.273. The molecule has 0 saturated carbocycles. The number of allylic oxidation sites excluding steroid dienone is 1. The molecule has 0 fully saturated rings. The molecule has 1 aromatic heterocycles. The zero-order valence-corrected chi connectivity index (χ0v) is 20.5. The number of fused-ring (bicyclic) bond motifs is 1. The molecule has 0 radical (unpaired) electrons. The first kappa shape index (κ1) is 23.1. The maximum absolute atomic E-state index is 14.3. The van der Waals surface area contributed by atoms with Gasteiger partial charge in [-0.15, -0.1) is 0 Å². The minimum Gasteiger partial charge on any atom is -0.481 e. The molecule has 4 rings (SSSR count). The third-order valence-electron chi connectivity index (χ3n) is 5.55. The van der Waals surface area contributed by atoms with Crippen LogP contribution in [0.5, 0.6) is 5.88 Å². The van der Waals surface area contributed by atoms with Crippen LogP contribution in [-0.2, 0) is 0 Å². The van der Waals surface area contributed by atoms with Crippen LogP contribution in [0.1, 0.15) is 22.6 Å². The molecule has 1 unspecified atom stereocenters. The number of pyridine rings is 1. The largest absolute Gasteiger partial charge is 0.481 e. The molecular formula is C28H26BrFN2O. The number of aromatic nitrogens is 1. The second kappa shape index (κ2) is 10.3. The normalized spacial score (nSPS) is 12.8. The molecule has 5 heteroatoms. The van der Waals surface area contributed by atoms with E-state index in [0.29, 0.717) is 12.4 Å². The van der Waals surface area contributed by atoms with Gasteiger partial charge >= 0.3 is 0 Å². The van der Waals surface area contributed by atoms with E-state index in [-0.39, 0.29) is 11.7 Å². The molecule has 0 N–H and O–H groups in total. The number of benzene rings is 3. The Bertz CT molecular complexity index is 1290. The summed E-state index contributed by atoms with van der Waals surface area (Å²) in [6.07, 6.45) is 2.16. The zero-order chi connectivity index (χ0) is 23.4. The first-order chi connectivity index (χ1) is 16.0. The fourth-order valence-corrected chi connectivity index (χ4v) is 4.42. The van der Waals surface area contributed by atoms with Gasteiger partial charge in [-0.2, -0.15) is 0 Å². The molecule has 33 heavy (non-hydrogen) atoms. The summed E-state index contributed by atoms with van der Waals surface area (Å²) in [5.74, 6) is 0.104. The lowest BCUT2D eigenvalue weighted by atomic mass is 9.81. The van der Waals surface area contributed by atoms with Crippen LogP contribution >= 0.6 is 15.9 Å². The van der Waals surface area contributed by atoms with Gasteiger partial charge in [0.25, 0.3) is 0 Å². The van der Waals surface area contributed by atoms with E-state index >= 15 is 0 Å². The second-order valence-electron chi connectivity index (χ2n) is 8.20. The molecule has 0 saturated heterocycles. The topological polar surface area (TPSA) is 25.4 Å². The Labute approximate surface area is 202 Å². The van der Waals surface area contributed by atoms with E-state index in [0.717, 1.165) is 37.6 Å². The van der Waals surface area contributed by atoms with Gasteiger partial charge < -0.3 is 9.64 Å². The average molecular weight is 505 g/mol. The Morgan fingerprint density at radius 2 is 1.82 bits per heavy atom. The zero-order valence-electron chi connectivity index (χ0n) is 18.9. The predicted molar refractivity (Wildman–Crippen MR) is 137 cm³/mol. The van der Waals surface area contributed by atoms with E-state index < -0.39 is 0 Å². The van der Waals surface area contributed by atoms with E-state index in [1.807, 2.05) is 50.5 Å². The van der Waals surface area contributed by atoms with Crippen LogP contribution in [0.25, 0.3) is 16.5 Å². The molecule has 1 heterocycles. The molecular weight excluding hydrogens is 479 g/mol. The van der Waals surface area contributed by atoms with Crippen molar-refractivity contribution >= 4 is 32.4 Å². The molecule has 0 bridgehead atoms. The highest BCUT2D eigenvalue weighted by Crippen LogP contribution is 2.42. The van der Waals surface area contributed by atoms with E-state index in [9.17, 15) is 4.39 Å². The van der Waals surface area contributed by atoms with Gasteiger partial charge in [0.15, 0.2) is 0 Å². The summed E-state index contributed by atoms with van der Waals surface area (Å²) in [4.78, 5) is 6.91. The summed E-state index contributed by atoms with van der Waals surface area (Å²) in [5.41, 5.74) is 4.71. The first-order valence-electron chi connectivity index (χ1n) is 10.8. The maximum atomic E-state index is 14.3. The molecule has 0 aliphatic carbocycles. The number of rotatable bonds is 7. The van der Waals surface area contributed by atoms with E-state index in [1.165, 1.54) is 6.07 Å². The van der Waals surface area contributed by atoms with Gasteiger partial charge in [0.05, 0.1) is 12.6 Å². The number of hydrogen-bond acceptors (Lipinski definition) is 3. The van der Waals surface area contributed by atoms with Crippen LogP contribution in [0.2, 0.25) is 0 Å². The highest BCUT2D eigenvalue weighted by atomic mass is 79.9. The van der Waals surface area contributed by atoms with Crippen molar-refractivity contribution in [3.63, 3.8) is 0 Å². The predicted octanol–water partition coefficient (Wildman–Crippen LogP) is 6.92. The Hall–Kier alpha value is -3.02. The van der Waals surface area contributed by atoms with Crippen molar-refractivity contribution in [2.75, 3.05) is 27.7 Å². The summed E-state index contributed by atoms with van der Waals surface area (Å²) in [7, 11) is 5.68. The summed E-state index contributed by atoms with van der Waals surface area (Å²) < 4.78 is 21.1. The van der Waals surface area contributed by atoms with E-state index in [2.05, 4.69) is 51.2 Å². The van der Waals surface area contributed by atoms with Crippen molar-refractivity contribution in [3.8, 4) is 5.88 Å². The Morgan fingerprint density at radius 1 is 1.03 bits per heavy atom. The highest BCUT2D eigenvalue weighted by molar-refractivity contribution is 9.10. The molecule has 3 nitrogen and oxygen atoms in total. The van der Waals surface area contributed by atoms with Gasteiger partial charge in [0.1, 0.15) is 5.82 Å². The molecule has 1 atom stereocenters. The standard InChI is InChI=1S/C28H26BrFN2O/c1-32(2)15-14-24(20-10-7-11-23(30)17-20)27(19-8-5-4-6-9-19)25-18-21-16-22(29)12-13-26(21)31-28(25)33-3/h4-14,16-18,27H,15H2,1-3H3. The van der Waals surface area contributed by atoms with Crippen LogP contribution in [-0.4, -0.2) is 37.6 Å². The average Bonchev–Trinajstić information content (AvgIpc) is 2.81. The minimum atomic E-state index is -0.261. The van der Waals surface area contributed by atoms with Crippen molar-refractivity contribution < 1.29 is 9.13 Å². The van der Waals surface area contributed by atoms with Crippen LogP contribution in [0, 0.1) is 5.82 Å². The molecule has 4 aromatic rings. The maximum Gasteiger partial charge on any atom is 0.217 e. The van der Waals surface area contributed by atoms with Gasteiger partial charge in [0, 0.05) is 27.9 Å². The summed E-state index contributed by atoms with van der Waals surface area (Å²) >= 11 is 3.57. The third-order valence-corrected chi connectivity index (χ3v) is 6.05. The molecule has 168 valence electrons. The lowest BCUT2D eigenvalue weighted by Gasteiger charge is -2.25. The van der Waals surface area contributed by atoms with E-state index in [1.54, 1.807) is 19.2 Å². The Balaban J connectivity index is 2.01. The molecule has 0 amide bonds. The fourth-order valence-electron chi connectivity index (χ4n) is 4.04. The number of methoxy groups -OCH3 is 1. The Morgan fingerprint density at radius 3 is 2.52 bits per heavy atom. The van der Waals surface area contributed by atoms with Crippen LogP contribution < -0.4 is 4.74 Å². The van der Waals surface area contributed by atoms with Gasteiger partial charge in [0.2, 0.25) is 5.88 Å². The molecule has 0 aliphatic rings. The van der Waals surface area contributed by atoms with E-state index in [4.69, 9.17) is 9.72 Å². The van der Waals surface area contributed by atoms with Gasteiger partial charge in [-0.25, -0.2) is 9.37 Å². The number of hydrogen-bond donors (Lipinski definition) is 0. The monoisotopic (exact) mass is 504 g/mol. The lowest BCUT2D eigenvalue weighted by Crippen LogP contribution is -2.14. The van der Waals surface area contributed by atoms with Crippen LogP contribution in [0.15, 0.2) is 89.4 Å². The Kier molecular flexibility index (Phi) is 7.21. The third kappa shape index (κ3) is 5.32. The van der Waals surface area contributed by atoms with Gasteiger partial charge in [-0.1, -0.05) is 64.5 Å². The fraction of sp³-hybridized carbons (Fsp3) is 0.179. The number of likely N-dealkylation sites (N-methyl/N-ethyl adjacent to an activating group) is 1. The van der Waals surface area contributed by atoms with Crippen molar-refractivity contribution in [2.45, 2.75) is 5.92 Å². The van der Waals surface area contributed by atoms with Crippen molar-refractivity contribution in [3.05, 3.63) is 112 Å². The number of ether oxygens (including phenoxy) is 1. The smallest absolute Gasteiger partial charge is 0.217 e. The summed E-state index contributed by atoms with van der Waals surface area (Å²) in [6.45, 7) is 0.712. The minimum absolute atomic E-state index is 0.196. The summed E-state index contributed by atoms with van der Waals surface area (Å²) in [6, 6.07) is 25.1. The highest BCUT2D eigenvalue weighted by Gasteiger charge is 2.25. The molecule has 3 aromatic carbocycles. The van der Waals surface area contributed by atoms with Gasteiger partial charge in [-0.05, 0) is 67.2 Å². The van der Waals surface area contributed by atoms with Crippen LogP contribution in [0.4, 0.5) is 4.39 Å². The van der Waals surface area contributed by atoms with Crippen LogP contribution in [0.3, 0.4) is 0 Å². The summed E-state index contributed by atoms with van der Waals surface area (Å²) in [5, 5.41) is 1.01.